The third-order valence-electron chi connectivity index (χ3n) is 4.87. The van der Waals surface area contributed by atoms with E-state index < -0.39 is 5.91 Å². The highest BCUT2D eigenvalue weighted by atomic mass is 16.5. The number of ether oxygens (including phenoxy) is 1. The highest BCUT2D eigenvalue weighted by Crippen LogP contribution is 2.24. The minimum absolute atomic E-state index is 0.333. The molecule has 8 heteroatoms. The number of nitrogens with zero attached hydrogens (tertiary/aromatic N) is 3. The van der Waals surface area contributed by atoms with Crippen LogP contribution in [0.3, 0.4) is 0 Å². The second-order valence-corrected chi connectivity index (χ2v) is 6.93. The van der Waals surface area contributed by atoms with Gasteiger partial charge in [0.15, 0.2) is 0 Å². The number of pyridine rings is 2. The van der Waals surface area contributed by atoms with E-state index in [9.17, 15) is 4.79 Å². The number of hydrogen-bond acceptors (Lipinski definition) is 7. The fourth-order valence-corrected chi connectivity index (χ4v) is 3.28. The Morgan fingerprint density at radius 3 is 2.60 bits per heavy atom. The van der Waals surface area contributed by atoms with Gasteiger partial charge < -0.3 is 26.0 Å². The van der Waals surface area contributed by atoms with Crippen molar-refractivity contribution in [2.24, 2.45) is 5.73 Å². The third-order valence-corrected chi connectivity index (χ3v) is 4.87. The van der Waals surface area contributed by atoms with E-state index in [1.165, 1.54) is 11.9 Å². The lowest BCUT2D eigenvalue weighted by Gasteiger charge is -2.28. The van der Waals surface area contributed by atoms with Crippen molar-refractivity contribution in [3.8, 4) is 0 Å². The van der Waals surface area contributed by atoms with Gasteiger partial charge in [-0.1, -0.05) is 6.07 Å². The van der Waals surface area contributed by atoms with Gasteiger partial charge in [-0.2, -0.15) is 0 Å². The van der Waals surface area contributed by atoms with Crippen LogP contribution in [0.15, 0.2) is 60.9 Å². The lowest BCUT2D eigenvalue weighted by Crippen LogP contribution is -2.36. The van der Waals surface area contributed by atoms with Crippen molar-refractivity contribution >= 4 is 28.8 Å². The van der Waals surface area contributed by atoms with Gasteiger partial charge in [-0.15, -0.1) is 0 Å². The number of hydrogen-bond donors (Lipinski definition) is 3. The molecule has 0 bridgehead atoms. The van der Waals surface area contributed by atoms with Crippen LogP contribution in [0.4, 0.5) is 22.9 Å². The average Bonchev–Trinajstić information content (AvgIpc) is 2.79. The van der Waals surface area contributed by atoms with Gasteiger partial charge in [0, 0.05) is 42.9 Å². The van der Waals surface area contributed by atoms with Crippen molar-refractivity contribution in [3.63, 3.8) is 0 Å². The van der Waals surface area contributed by atoms with Crippen molar-refractivity contribution < 1.29 is 9.53 Å². The first-order chi connectivity index (χ1) is 14.7. The van der Waals surface area contributed by atoms with Crippen molar-refractivity contribution in [2.45, 2.75) is 6.54 Å². The highest BCUT2D eigenvalue weighted by molar-refractivity contribution is 5.98. The van der Waals surface area contributed by atoms with Crippen LogP contribution in [0.2, 0.25) is 0 Å². The SMILES string of the molecule is NC(=O)c1cnc(Nc2ccc(N3CCOCC3)cc2)cc1NCc1ccccn1. The molecule has 0 unspecified atom stereocenters. The minimum Gasteiger partial charge on any atom is -0.379 e. The Balaban J connectivity index is 1.47. The summed E-state index contributed by atoms with van der Waals surface area (Å²) in [4.78, 5) is 22.7. The molecule has 1 fully saturated rings. The van der Waals surface area contributed by atoms with Gasteiger partial charge in [-0.3, -0.25) is 9.78 Å². The number of benzene rings is 1. The molecule has 3 aromatic rings. The first-order valence-corrected chi connectivity index (χ1v) is 9.82. The molecule has 0 spiro atoms. The lowest BCUT2D eigenvalue weighted by atomic mass is 10.2. The van der Waals surface area contributed by atoms with E-state index >= 15 is 0 Å². The first kappa shape index (κ1) is 19.7. The standard InChI is InChI=1S/C22H24N6O2/c23-22(29)19-15-26-21(13-20(19)25-14-17-3-1-2-8-24-17)27-16-4-6-18(7-5-16)28-9-11-30-12-10-28/h1-8,13,15H,9-12,14H2,(H2,23,29)(H2,25,26,27). The minimum atomic E-state index is -0.535. The molecule has 0 aliphatic carbocycles. The zero-order chi connectivity index (χ0) is 20.8. The summed E-state index contributed by atoms with van der Waals surface area (Å²) in [7, 11) is 0. The number of morpholine rings is 1. The summed E-state index contributed by atoms with van der Waals surface area (Å²) in [5.41, 5.74) is 9.37. The molecule has 1 aliphatic heterocycles. The van der Waals surface area contributed by atoms with Crippen LogP contribution in [0.25, 0.3) is 0 Å². The molecule has 1 amide bonds. The van der Waals surface area contributed by atoms with E-state index in [0.29, 0.717) is 23.6 Å². The molecule has 0 radical (unpaired) electrons. The topological polar surface area (TPSA) is 105 Å². The molecule has 154 valence electrons. The van der Waals surface area contributed by atoms with E-state index in [0.717, 1.165) is 37.7 Å². The van der Waals surface area contributed by atoms with E-state index in [1.54, 1.807) is 12.3 Å². The maximum atomic E-state index is 11.8. The lowest BCUT2D eigenvalue weighted by molar-refractivity contribution is 0.100. The van der Waals surface area contributed by atoms with E-state index in [4.69, 9.17) is 10.5 Å². The predicted molar refractivity (Wildman–Crippen MR) is 117 cm³/mol. The zero-order valence-corrected chi connectivity index (χ0v) is 16.5. The quantitative estimate of drug-likeness (QED) is 0.556. The number of aromatic nitrogens is 2. The van der Waals surface area contributed by atoms with Gasteiger partial charge in [0.1, 0.15) is 5.82 Å². The molecule has 1 aliphatic rings. The van der Waals surface area contributed by atoms with Gasteiger partial charge in [-0.25, -0.2) is 4.98 Å². The Bertz CT molecular complexity index is 988. The van der Waals surface area contributed by atoms with E-state index in [-0.39, 0.29) is 0 Å². The van der Waals surface area contributed by atoms with Gasteiger partial charge >= 0.3 is 0 Å². The highest BCUT2D eigenvalue weighted by Gasteiger charge is 2.12. The average molecular weight is 404 g/mol. The fraction of sp³-hybridized carbons (Fsp3) is 0.227. The van der Waals surface area contributed by atoms with Crippen LogP contribution >= 0.6 is 0 Å². The van der Waals surface area contributed by atoms with Crippen LogP contribution < -0.4 is 21.3 Å². The molecular formula is C22H24N6O2. The summed E-state index contributed by atoms with van der Waals surface area (Å²) in [6.07, 6.45) is 3.21. The third kappa shape index (κ3) is 4.84. The van der Waals surface area contributed by atoms with Crippen LogP contribution in [-0.2, 0) is 11.3 Å². The molecule has 3 heterocycles. The maximum Gasteiger partial charge on any atom is 0.252 e. The second kappa shape index (κ2) is 9.23. The molecule has 0 saturated carbocycles. The number of amides is 1. The van der Waals surface area contributed by atoms with Crippen molar-refractivity contribution in [2.75, 3.05) is 41.8 Å². The van der Waals surface area contributed by atoms with Crippen LogP contribution in [0, 0.1) is 0 Å². The van der Waals surface area contributed by atoms with Crippen LogP contribution in [0.1, 0.15) is 16.1 Å². The molecule has 4 N–H and O–H groups in total. The Morgan fingerprint density at radius 1 is 1.10 bits per heavy atom. The van der Waals surface area contributed by atoms with E-state index in [2.05, 4.69) is 37.6 Å². The van der Waals surface area contributed by atoms with Crippen LogP contribution in [-0.4, -0.2) is 42.2 Å². The van der Waals surface area contributed by atoms with E-state index in [1.807, 2.05) is 30.3 Å². The molecule has 0 atom stereocenters. The first-order valence-electron chi connectivity index (χ1n) is 9.82. The Morgan fingerprint density at radius 2 is 1.90 bits per heavy atom. The van der Waals surface area contributed by atoms with Gasteiger partial charge in [0.2, 0.25) is 0 Å². The molecule has 1 saturated heterocycles. The largest absolute Gasteiger partial charge is 0.379 e. The number of nitrogens with two attached hydrogens (primary N) is 1. The molecule has 8 nitrogen and oxygen atoms in total. The summed E-state index contributed by atoms with van der Waals surface area (Å²) in [5.74, 6) is 0.0788. The molecule has 2 aromatic heterocycles. The van der Waals surface area contributed by atoms with Gasteiger partial charge in [-0.05, 0) is 36.4 Å². The zero-order valence-electron chi connectivity index (χ0n) is 16.5. The number of anilines is 4. The summed E-state index contributed by atoms with van der Waals surface area (Å²) >= 11 is 0. The second-order valence-electron chi connectivity index (χ2n) is 6.93. The molecule has 30 heavy (non-hydrogen) atoms. The number of rotatable bonds is 7. The number of carbonyl (C=O) groups is 1. The molecular weight excluding hydrogens is 380 g/mol. The molecule has 1 aromatic carbocycles. The summed E-state index contributed by atoms with van der Waals surface area (Å²) in [6.45, 7) is 3.77. The Kier molecular flexibility index (Phi) is 6.05. The van der Waals surface area contributed by atoms with Crippen molar-refractivity contribution in [3.05, 3.63) is 72.2 Å². The fourth-order valence-electron chi connectivity index (χ4n) is 3.28. The van der Waals surface area contributed by atoms with Gasteiger partial charge in [0.25, 0.3) is 5.91 Å². The van der Waals surface area contributed by atoms with Crippen LogP contribution in [0.5, 0.6) is 0 Å². The maximum absolute atomic E-state index is 11.8. The molecule has 4 rings (SSSR count). The normalized spacial score (nSPS) is 13.7. The number of carbonyl (C=O) groups excluding carboxylic acids is 1. The Labute approximate surface area is 175 Å². The smallest absolute Gasteiger partial charge is 0.252 e. The summed E-state index contributed by atoms with van der Waals surface area (Å²) < 4.78 is 5.40. The van der Waals surface area contributed by atoms with Crippen molar-refractivity contribution in [1.82, 2.24) is 9.97 Å². The Hall–Kier alpha value is -3.65. The monoisotopic (exact) mass is 404 g/mol. The van der Waals surface area contributed by atoms with Crippen molar-refractivity contribution in [1.29, 1.82) is 0 Å². The summed E-state index contributed by atoms with van der Waals surface area (Å²) in [5, 5.41) is 6.50. The van der Waals surface area contributed by atoms with Gasteiger partial charge in [0.05, 0.1) is 36.7 Å². The predicted octanol–water partition coefficient (Wildman–Crippen LogP) is 2.77. The number of nitrogens with one attached hydrogen (secondary N) is 2. The summed E-state index contributed by atoms with van der Waals surface area (Å²) in [6, 6.07) is 15.6. The number of primary amides is 1.